The van der Waals surface area contributed by atoms with Crippen LogP contribution in [0.2, 0.25) is 5.02 Å². The zero-order chi connectivity index (χ0) is 20.6. The molecule has 2 atom stereocenters. The van der Waals surface area contributed by atoms with Crippen molar-refractivity contribution < 1.29 is 19.0 Å². The first-order chi connectivity index (χ1) is 14.0. The topological polar surface area (TPSA) is 51.6 Å². The summed E-state index contributed by atoms with van der Waals surface area (Å²) in [7, 11) is 0. The second-order valence-electron chi connectivity index (χ2n) is 6.90. The lowest BCUT2D eigenvalue weighted by molar-refractivity contribution is 0.00320. The number of aliphatic hydroxyl groups is 1. The molecule has 0 saturated heterocycles. The van der Waals surface area contributed by atoms with Crippen molar-refractivity contribution in [2.75, 3.05) is 6.61 Å². The van der Waals surface area contributed by atoms with E-state index in [1.165, 1.54) is 6.07 Å². The Morgan fingerprint density at radius 1 is 1.24 bits per heavy atom. The number of nitrogens with zero attached hydrogens (tertiary/aromatic N) is 1. The molecule has 0 amide bonds. The lowest BCUT2D eigenvalue weighted by Crippen LogP contribution is -2.39. The van der Waals surface area contributed by atoms with Gasteiger partial charge >= 0.3 is 0 Å². The summed E-state index contributed by atoms with van der Waals surface area (Å²) in [4.78, 5) is 4.57. The molecule has 150 valence electrons. The molecule has 7 heteroatoms. The van der Waals surface area contributed by atoms with Crippen LogP contribution in [0.3, 0.4) is 0 Å². The molecule has 4 rings (SSSR count). The monoisotopic (exact) mass is 477 g/mol. The molecular weight excluding hydrogens is 461 g/mol. The summed E-state index contributed by atoms with van der Waals surface area (Å²) in [5, 5.41) is 10.3. The van der Waals surface area contributed by atoms with E-state index in [1.54, 1.807) is 18.2 Å². The Balaban J connectivity index is 1.67. The molecular formula is C22H18BrClFNO3. The largest absolute Gasteiger partial charge is 0.477 e. The van der Waals surface area contributed by atoms with E-state index in [9.17, 15) is 9.50 Å². The maximum absolute atomic E-state index is 14.1. The van der Waals surface area contributed by atoms with E-state index in [2.05, 4.69) is 20.9 Å². The highest BCUT2D eigenvalue weighted by molar-refractivity contribution is 9.10. The lowest BCUT2D eigenvalue weighted by atomic mass is 9.83. The number of benzene rings is 2. The fourth-order valence-electron chi connectivity index (χ4n) is 3.58. The normalized spacial score (nSPS) is 20.2. The van der Waals surface area contributed by atoms with Gasteiger partial charge in [0.1, 0.15) is 18.2 Å². The molecule has 0 saturated carbocycles. The molecule has 4 nitrogen and oxygen atoms in total. The molecule has 0 fully saturated rings. The molecule has 3 aromatic rings. The molecule has 1 N–H and O–H groups in total. The highest BCUT2D eigenvalue weighted by atomic mass is 79.9. The van der Waals surface area contributed by atoms with E-state index >= 15 is 0 Å². The predicted molar refractivity (Wildman–Crippen MR) is 112 cm³/mol. The van der Waals surface area contributed by atoms with Crippen molar-refractivity contribution in [3.05, 3.63) is 86.7 Å². The number of hydrogen-bond acceptors (Lipinski definition) is 4. The molecule has 2 heterocycles. The van der Waals surface area contributed by atoms with Crippen molar-refractivity contribution in [2.45, 2.75) is 25.0 Å². The molecule has 0 bridgehead atoms. The number of pyridine rings is 1. The van der Waals surface area contributed by atoms with Crippen LogP contribution in [-0.4, -0.2) is 16.7 Å². The van der Waals surface area contributed by atoms with Gasteiger partial charge < -0.3 is 14.6 Å². The van der Waals surface area contributed by atoms with Crippen molar-refractivity contribution in [1.82, 2.24) is 4.98 Å². The minimum absolute atomic E-state index is 0.0131. The quantitative estimate of drug-likeness (QED) is 0.485. The first-order valence-electron chi connectivity index (χ1n) is 9.08. The van der Waals surface area contributed by atoms with Gasteiger partial charge in [-0.25, -0.2) is 9.37 Å². The van der Waals surface area contributed by atoms with Gasteiger partial charge in [-0.15, -0.1) is 0 Å². The third-order valence-corrected chi connectivity index (χ3v) is 6.63. The van der Waals surface area contributed by atoms with Crippen LogP contribution in [0.4, 0.5) is 4.39 Å². The van der Waals surface area contributed by atoms with Crippen LogP contribution in [0.5, 0.6) is 11.6 Å². The third kappa shape index (κ3) is 3.50. The maximum Gasteiger partial charge on any atom is 0.213 e. The molecule has 1 aliphatic heterocycles. The fourth-order valence-corrected chi connectivity index (χ4v) is 4.46. The van der Waals surface area contributed by atoms with Gasteiger partial charge in [-0.3, -0.25) is 0 Å². The Kier molecular flexibility index (Phi) is 5.51. The highest BCUT2D eigenvalue weighted by Crippen LogP contribution is 2.54. The standard InChI is InChI=1S/C22H18BrClFNO3/c1-13-19-16(10-15(25)21(24)20(19)23)29-22(13,12-27)17-8-5-9-18(26-17)28-11-14-6-3-2-4-7-14/h2-10,13,27H,11-12H2,1H3/t13-,22-/m0/s1. The zero-order valence-corrected chi connectivity index (χ0v) is 17.9. The van der Waals surface area contributed by atoms with E-state index in [1.807, 2.05) is 37.3 Å². The third-order valence-electron chi connectivity index (χ3n) is 5.21. The van der Waals surface area contributed by atoms with Gasteiger partial charge in [0.05, 0.1) is 17.3 Å². The Labute approximate surface area is 181 Å². The predicted octanol–water partition coefficient (Wildman–Crippen LogP) is 5.60. The average Bonchev–Trinajstić information content (AvgIpc) is 3.04. The second kappa shape index (κ2) is 7.94. The van der Waals surface area contributed by atoms with E-state index in [-0.39, 0.29) is 17.5 Å². The van der Waals surface area contributed by atoms with Crippen LogP contribution in [-0.2, 0) is 12.2 Å². The minimum Gasteiger partial charge on any atom is -0.477 e. The van der Waals surface area contributed by atoms with Crippen molar-refractivity contribution >= 4 is 27.5 Å². The number of hydrogen-bond donors (Lipinski definition) is 1. The van der Waals surface area contributed by atoms with E-state index in [4.69, 9.17) is 21.1 Å². The summed E-state index contributed by atoms with van der Waals surface area (Å²) in [5.74, 6) is -0.176. The minimum atomic E-state index is -1.17. The smallest absolute Gasteiger partial charge is 0.213 e. The zero-order valence-electron chi connectivity index (χ0n) is 15.5. The van der Waals surface area contributed by atoms with E-state index < -0.39 is 11.4 Å². The van der Waals surface area contributed by atoms with Crippen LogP contribution in [0.15, 0.2) is 59.1 Å². The summed E-state index contributed by atoms with van der Waals surface area (Å²) >= 11 is 9.42. The summed E-state index contributed by atoms with van der Waals surface area (Å²) in [6, 6.07) is 16.3. The molecule has 0 spiro atoms. The molecule has 0 unspecified atom stereocenters. The van der Waals surface area contributed by atoms with Crippen LogP contribution < -0.4 is 9.47 Å². The average molecular weight is 479 g/mol. The van der Waals surface area contributed by atoms with Crippen molar-refractivity contribution in [3.8, 4) is 11.6 Å². The lowest BCUT2D eigenvalue weighted by Gasteiger charge is -2.30. The van der Waals surface area contributed by atoms with Gasteiger partial charge in [-0.1, -0.05) is 54.9 Å². The highest BCUT2D eigenvalue weighted by Gasteiger charge is 2.50. The van der Waals surface area contributed by atoms with E-state index in [0.717, 1.165) is 5.56 Å². The Morgan fingerprint density at radius 2 is 2.00 bits per heavy atom. The molecule has 1 aliphatic rings. The van der Waals surface area contributed by atoms with Gasteiger partial charge in [-0.2, -0.15) is 0 Å². The second-order valence-corrected chi connectivity index (χ2v) is 8.08. The van der Waals surface area contributed by atoms with Crippen molar-refractivity contribution in [3.63, 3.8) is 0 Å². The van der Waals surface area contributed by atoms with Crippen LogP contribution in [0.1, 0.15) is 29.7 Å². The van der Waals surface area contributed by atoms with Gasteiger partial charge in [0, 0.05) is 28.1 Å². The first-order valence-corrected chi connectivity index (χ1v) is 10.2. The number of aromatic nitrogens is 1. The maximum atomic E-state index is 14.1. The first kappa shape index (κ1) is 20.1. The van der Waals surface area contributed by atoms with E-state index in [0.29, 0.717) is 34.0 Å². The Hall–Kier alpha value is -2.15. The van der Waals surface area contributed by atoms with Crippen LogP contribution >= 0.6 is 27.5 Å². The van der Waals surface area contributed by atoms with Gasteiger partial charge in [0.2, 0.25) is 5.88 Å². The van der Waals surface area contributed by atoms with Gasteiger partial charge in [-0.05, 0) is 27.6 Å². The molecule has 29 heavy (non-hydrogen) atoms. The Morgan fingerprint density at radius 3 is 2.72 bits per heavy atom. The summed E-state index contributed by atoms with van der Waals surface area (Å²) in [6.07, 6.45) is 0. The molecule has 0 aliphatic carbocycles. The van der Waals surface area contributed by atoms with Gasteiger partial charge in [0.15, 0.2) is 5.60 Å². The SMILES string of the molecule is C[C@H]1c2c(cc(F)c(Cl)c2Br)O[C@]1(CO)c1cccc(OCc2ccccc2)n1. The van der Waals surface area contributed by atoms with Gasteiger partial charge in [0.25, 0.3) is 0 Å². The number of ether oxygens (including phenoxy) is 2. The number of fused-ring (bicyclic) bond motifs is 1. The van der Waals surface area contributed by atoms with Crippen LogP contribution in [0, 0.1) is 5.82 Å². The van der Waals surface area contributed by atoms with Crippen LogP contribution in [0.25, 0.3) is 0 Å². The molecule has 1 aromatic heterocycles. The fraction of sp³-hybridized carbons (Fsp3) is 0.227. The van der Waals surface area contributed by atoms with Crippen molar-refractivity contribution in [2.24, 2.45) is 0 Å². The summed E-state index contributed by atoms with van der Waals surface area (Å²) in [6.45, 7) is 1.91. The Bertz CT molecular complexity index is 1050. The summed E-state index contributed by atoms with van der Waals surface area (Å²) < 4.78 is 26.4. The molecule has 2 aromatic carbocycles. The number of rotatable bonds is 5. The number of aliphatic hydroxyl groups excluding tert-OH is 1. The van der Waals surface area contributed by atoms with Crippen molar-refractivity contribution in [1.29, 1.82) is 0 Å². The number of halogens is 3. The molecule has 0 radical (unpaired) electrons. The summed E-state index contributed by atoms with van der Waals surface area (Å²) in [5.41, 5.74) is 1.04.